The minimum atomic E-state index is -0.0832. The van der Waals surface area contributed by atoms with Crippen molar-refractivity contribution in [2.75, 3.05) is 13.7 Å². The van der Waals surface area contributed by atoms with Gasteiger partial charge in [0.2, 0.25) is 5.91 Å². The zero-order valence-electron chi connectivity index (χ0n) is 17.0. The van der Waals surface area contributed by atoms with Crippen LogP contribution in [0.1, 0.15) is 38.7 Å². The highest BCUT2D eigenvalue weighted by molar-refractivity contribution is 9.10. The maximum absolute atomic E-state index is 12.3. The van der Waals surface area contributed by atoms with Gasteiger partial charge in [-0.2, -0.15) is 0 Å². The molecule has 0 fully saturated rings. The maximum atomic E-state index is 12.3. The molecule has 5 heteroatoms. The average Bonchev–Trinajstić information content (AvgIpc) is 3.13. The van der Waals surface area contributed by atoms with Crippen LogP contribution in [0.5, 0.6) is 5.75 Å². The van der Waals surface area contributed by atoms with Gasteiger partial charge in [-0.05, 0) is 42.7 Å². The number of hydrogen-bond donors (Lipinski definition) is 1. The summed E-state index contributed by atoms with van der Waals surface area (Å²) in [5, 5.41) is 3.93. The van der Waals surface area contributed by atoms with E-state index in [0.29, 0.717) is 12.3 Å². The van der Waals surface area contributed by atoms with E-state index in [4.69, 9.17) is 9.15 Å². The number of unbranched alkanes of at least 4 members (excludes halogenated alkanes) is 2. The third-order valence-corrected chi connectivity index (χ3v) is 5.38. The molecular weight excluding hydrogens is 430 g/mol. The Balaban J connectivity index is 1.95. The van der Waals surface area contributed by atoms with Gasteiger partial charge in [-0.3, -0.25) is 4.79 Å². The first-order valence-corrected chi connectivity index (χ1v) is 10.6. The van der Waals surface area contributed by atoms with Crippen LogP contribution in [0.4, 0.5) is 0 Å². The van der Waals surface area contributed by atoms with Crippen molar-refractivity contribution < 1.29 is 13.9 Å². The fourth-order valence-electron chi connectivity index (χ4n) is 3.32. The largest absolute Gasteiger partial charge is 0.496 e. The van der Waals surface area contributed by atoms with Crippen molar-refractivity contribution in [2.24, 2.45) is 0 Å². The molecule has 152 valence electrons. The molecule has 3 rings (SSSR count). The Hall–Kier alpha value is -2.53. The second-order valence-corrected chi connectivity index (χ2v) is 7.95. The van der Waals surface area contributed by atoms with Gasteiger partial charge in [0.25, 0.3) is 0 Å². The molecule has 0 unspecified atom stereocenters. The summed E-state index contributed by atoms with van der Waals surface area (Å²) in [5.41, 5.74) is 4.53. The first kappa shape index (κ1) is 21.2. The molecule has 0 aliphatic carbocycles. The highest BCUT2D eigenvalue weighted by Crippen LogP contribution is 2.37. The Morgan fingerprint density at radius 3 is 2.79 bits per heavy atom. The van der Waals surface area contributed by atoms with E-state index in [1.54, 1.807) is 19.4 Å². The third kappa shape index (κ3) is 5.10. The van der Waals surface area contributed by atoms with Gasteiger partial charge in [-0.25, -0.2) is 0 Å². The molecule has 1 amide bonds. The summed E-state index contributed by atoms with van der Waals surface area (Å²) in [7, 11) is 1.63. The molecule has 3 aromatic rings. The summed E-state index contributed by atoms with van der Waals surface area (Å²) in [6, 6.07) is 12.0. The van der Waals surface area contributed by atoms with Crippen LogP contribution in [0.3, 0.4) is 0 Å². The van der Waals surface area contributed by atoms with Crippen molar-refractivity contribution in [3.8, 4) is 16.9 Å². The predicted octanol–water partition coefficient (Wildman–Crippen LogP) is 6.58. The number of carbonyl (C=O) groups is 1. The summed E-state index contributed by atoms with van der Waals surface area (Å²) in [5.74, 6) is 0.598. The number of fused-ring (bicyclic) bond motifs is 1. The molecule has 0 saturated carbocycles. The van der Waals surface area contributed by atoms with E-state index < -0.39 is 0 Å². The minimum Gasteiger partial charge on any atom is -0.496 e. The lowest BCUT2D eigenvalue weighted by molar-refractivity contribution is -0.116. The molecule has 0 saturated heterocycles. The number of furan rings is 1. The number of amides is 1. The monoisotopic (exact) mass is 455 g/mol. The number of ether oxygens (including phenoxy) is 1. The molecule has 0 radical (unpaired) electrons. The zero-order chi connectivity index (χ0) is 20.8. The van der Waals surface area contributed by atoms with Gasteiger partial charge < -0.3 is 14.5 Å². The van der Waals surface area contributed by atoms with Crippen LogP contribution in [0.2, 0.25) is 0 Å². The topological polar surface area (TPSA) is 51.5 Å². The van der Waals surface area contributed by atoms with Crippen molar-refractivity contribution >= 4 is 38.4 Å². The van der Waals surface area contributed by atoms with Crippen LogP contribution in [-0.2, 0) is 4.79 Å². The van der Waals surface area contributed by atoms with E-state index in [2.05, 4.69) is 34.2 Å². The Morgan fingerprint density at radius 2 is 2.07 bits per heavy atom. The second-order valence-electron chi connectivity index (χ2n) is 7.03. The molecule has 1 N–H and O–H groups in total. The molecule has 0 aliphatic rings. The lowest BCUT2D eigenvalue weighted by atomic mass is 9.99. The van der Waals surface area contributed by atoms with Crippen molar-refractivity contribution in [3.05, 3.63) is 58.8 Å². The van der Waals surface area contributed by atoms with Gasteiger partial charge in [0.15, 0.2) is 0 Å². The first-order valence-electron chi connectivity index (χ1n) is 9.85. The number of halogens is 1. The standard InChI is InChI=1S/C24H26BrNO3/c1-4-5-6-10-26-24(27)11-16(2)19-13-20-21(17-8-7-9-18(25)12-17)15-29-23(20)14-22(19)28-3/h7-9,11-15H,4-6,10H2,1-3H3,(H,26,27)/b16-11+. The van der Waals surface area contributed by atoms with Gasteiger partial charge in [-0.15, -0.1) is 0 Å². The molecule has 4 nitrogen and oxygen atoms in total. The summed E-state index contributed by atoms with van der Waals surface area (Å²) >= 11 is 3.53. The van der Waals surface area contributed by atoms with E-state index in [1.165, 1.54) is 0 Å². The van der Waals surface area contributed by atoms with Crippen LogP contribution in [0, 0.1) is 0 Å². The van der Waals surface area contributed by atoms with E-state index in [0.717, 1.165) is 57.0 Å². The highest BCUT2D eigenvalue weighted by Gasteiger charge is 2.15. The van der Waals surface area contributed by atoms with Gasteiger partial charge in [0, 0.05) is 39.7 Å². The van der Waals surface area contributed by atoms with Gasteiger partial charge >= 0.3 is 0 Å². The van der Waals surface area contributed by atoms with Crippen molar-refractivity contribution in [1.82, 2.24) is 5.32 Å². The first-order chi connectivity index (χ1) is 14.0. The lowest BCUT2D eigenvalue weighted by Crippen LogP contribution is -2.22. The number of benzene rings is 2. The number of allylic oxidation sites excluding steroid dienone is 1. The Labute approximate surface area is 180 Å². The number of carbonyl (C=O) groups excluding carboxylic acids is 1. The minimum absolute atomic E-state index is 0.0832. The molecule has 0 spiro atoms. The molecule has 0 aliphatic heterocycles. The predicted molar refractivity (Wildman–Crippen MR) is 122 cm³/mol. The molecule has 0 bridgehead atoms. The van der Waals surface area contributed by atoms with E-state index >= 15 is 0 Å². The number of methoxy groups -OCH3 is 1. The number of hydrogen-bond acceptors (Lipinski definition) is 3. The Morgan fingerprint density at radius 1 is 1.24 bits per heavy atom. The summed E-state index contributed by atoms with van der Waals surface area (Å²) in [6.45, 7) is 4.77. The summed E-state index contributed by atoms with van der Waals surface area (Å²) < 4.78 is 12.4. The van der Waals surface area contributed by atoms with Crippen LogP contribution in [0.25, 0.3) is 27.7 Å². The summed E-state index contributed by atoms with van der Waals surface area (Å²) in [4.78, 5) is 12.3. The molecule has 1 heterocycles. The highest BCUT2D eigenvalue weighted by atomic mass is 79.9. The number of nitrogens with one attached hydrogen (secondary N) is 1. The van der Waals surface area contributed by atoms with E-state index in [-0.39, 0.29) is 5.91 Å². The SMILES string of the molecule is CCCCCNC(=O)/C=C(\C)c1cc2c(-c3cccc(Br)c3)coc2cc1OC. The van der Waals surface area contributed by atoms with E-state index in [1.807, 2.05) is 37.3 Å². The number of rotatable bonds is 8. The Bertz CT molecular complexity index is 1040. The van der Waals surface area contributed by atoms with Crippen LogP contribution in [0.15, 0.2) is 57.6 Å². The quantitative estimate of drug-likeness (QED) is 0.308. The van der Waals surface area contributed by atoms with Gasteiger partial charge in [0.05, 0.1) is 13.4 Å². The van der Waals surface area contributed by atoms with Gasteiger partial charge in [-0.1, -0.05) is 47.8 Å². The zero-order valence-corrected chi connectivity index (χ0v) is 18.6. The normalized spacial score (nSPS) is 11.7. The molecular formula is C24H26BrNO3. The smallest absolute Gasteiger partial charge is 0.244 e. The fourth-order valence-corrected chi connectivity index (χ4v) is 3.72. The van der Waals surface area contributed by atoms with Crippen molar-refractivity contribution in [1.29, 1.82) is 0 Å². The van der Waals surface area contributed by atoms with E-state index in [9.17, 15) is 4.79 Å². The molecule has 2 aromatic carbocycles. The van der Waals surface area contributed by atoms with Crippen molar-refractivity contribution in [3.63, 3.8) is 0 Å². The fraction of sp³-hybridized carbons (Fsp3) is 0.292. The molecule has 29 heavy (non-hydrogen) atoms. The van der Waals surface area contributed by atoms with Crippen LogP contribution >= 0.6 is 15.9 Å². The lowest BCUT2D eigenvalue weighted by Gasteiger charge is -2.10. The summed E-state index contributed by atoms with van der Waals surface area (Å²) in [6.07, 6.45) is 6.64. The maximum Gasteiger partial charge on any atom is 0.244 e. The third-order valence-electron chi connectivity index (χ3n) is 4.88. The average molecular weight is 456 g/mol. The molecule has 0 atom stereocenters. The van der Waals surface area contributed by atoms with Crippen LogP contribution in [-0.4, -0.2) is 19.6 Å². The second kappa shape index (κ2) is 9.79. The molecule has 1 aromatic heterocycles. The van der Waals surface area contributed by atoms with Crippen molar-refractivity contribution in [2.45, 2.75) is 33.1 Å². The Kier molecular flexibility index (Phi) is 7.15. The van der Waals surface area contributed by atoms with Gasteiger partial charge in [0.1, 0.15) is 11.3 Å². The van der Waals surface area contributed by atoms with Crippen LogP contribution < -0.4 is 10.1 Å².